The van der Waals surface area contributed by atoms with Crippen molar-refractivity contribution in [1.29, 1.82) is 0 Å². The van der Waals surface area contributed by atoms with E-state index in [1.54, 1.807) is 13.0 Å². The summed E-state index contributed by atoms with van der Waals surface area (Å²) in [5.41, 5.74) is 0.254. The lowest BCUT2D eigenvalue weighted by atomic mass is 9.90. The number of nitrogens with zero attached hydrogens (tertiary/aromatic N) is 4. The highest BCUT2D eigenvalue weighted by atomic mass is 19.4. The minimum Gasteiger partial charge on any atom is -0.342 e. The minimum absolute atomic E-state index is 0.0194. The smallest absolute Gasteiger partial charge is 0.342 e. The van der Waals surface area contributed by atoms with Gasteiger partial charge in [-0.3, -0.25) is 4.79 Å². The third kappa shape index (κ3) is 3.64. The molecule has 1 aliphatic heterocycles. The molecule has 150 valence electrons. The van der Waals surface area contributed by atoms with Gasteiger partial charge in [0.1, 0.15) is 5.69 Å². The fourth-order valence-electron chi connectivity index (χ4n) is 4.21. The van der Waals surface area contributed by atoms with Crippen LogP contribution >= 0.6 is 0 Å². The molecule has 2 atom stereocenters. The van der Waals surface area contributed by atoms with Gasteiger partial charge in [0.15, 0.2) is 5.65 Å². The molecular formula is C20H23F3N4O. The molecule has 2 aromatic heterocycles. The number of alkyl halides is 3. The monoisotopic (exact) mass is 392 g/mol. The first kappa shape index (κ1) is 19.0. The number of piperidine rings is 1. The summed E-state index contributed by atoms with van der Waals surface area (Å²) < 4.78 is 41.0. The van der Waals surface area contributed by atoms with Gasteiger partial charge >= 0.3 is 6.18 Å². The highest BCUT2D eigenvalue weighted by Gasteiger charge is 2.36. The van der Waals surface area contributed by atoms with Gasteiger partial charge in [0.05, 0.1) is 5.69 Å². The second-order valence-electron chi connectivity index (χ2n) is 7.72. The Morgan fingerprint density at radius 3 is 2.75 bits per heavy atom. The number of likely N-dealkylation sites (tertiary alicyclic amines) is 1. The number of allylic oxidation sites excluding steroid dienone is 2. The van der Waals surface area contributed by atoms with Gasteiger partial charge in [-0.2, -0.15) is 18.3 Å². The Labute approximate surface area is 161 Å². The fourth-order valence-corrected chi connectivity index (χ4v) is 4.21. The van der Waals surface area contributed by atoms with Crippen LogP contribution in [0.25, 0.3) is 5.65 Å². The number of carbonyl (C=O) groups is 1. The van der Waals surface area contributed by atoms with Crippen molar-refractivity contribution in [3.63, 3.8) is 0 Å². The molecule has 0 saturated carbocycles. The van der Waals surface area contributed by atoms with Crippen LogP contribution in [0.1, 0.15) is 55.1 Å². The average molecular weight is 392 g/mol. The van der Waals surface area contributed by atoms with Gasteiger partial charge in [0.2, 0.25) is 5.91 Å². The lowest BCUT2D eigenvalue weighted by Gasteiger charge is -2.34. The molecule has 2 aliphatic rings. The van der Waals surface area contributed by atoms with Crippen LogP contribution in [-0.4, -0.2) is 38.5 Å². The standard InChI is InChI=1S/C20H23F3N4O/c1-13-10-17(20(21,22)23)27-18(24-13)11-16(25-27)15-8-5-9-26(12-15)19(28)14-6-3-2-4-7-14/h2-3,10-11,14-15H,4-9,12H2,1H3/t14-,15+/m0/s1. The van der Waals surface area contributed by atoms with Crippen molar-refractivity contribution >= 4 is 11.6 Å². The van der Waals surface area contributed by atoms with Crippen LogP contribution in [0.2, 0.25) is 0 Å². The maximum atomic E-state index is 13.4. The summed E-state index contributed by atoms with van der Waals surface area (Å²) in [5, 5.41) is 4.24. The molecule has 8 heteroatoms. The van der Waals surface area contributed by atoms with E-state index in [2.05, 4.69) is 22.2 Å². The molecule has 1 aliphatic carbocycles. The van der Waals surface area contributed by atoms with E-state index in [-0.39, 0.29) is 23.4 Å². The third-order valence-electron chi connectivity index (χ3n) is 5.63. The zero-order valence-electron chi connectivity index (χ0n) is 15.7. The summed E-state index contributed by atoms with van der Waals surface area (Å²) in [6.07, 6.45) is 3.85. The van der Waals surface area contributed by atoms with Gasteiger partial charge in [0, 0.05) is 36.7 Å². The number of amides is 1. The van der Waals surface area contributed by atoms with Gasteiger partial charge < -0.3 is 4.90 Å². The quantitative estimate of drug-likeness (QED) is 0.723. The number of carbonyl (C=O) groups excluding carboxylic acids is 1. The van der Waals surface area contributed by atoms with Gasteiger partial charge in [-0.15, -0.1) is 0 Å². The molecule has 0 N–H and O–H groups in total. The normalized spacial score (nSPS) is 23.4. The molecular weight excluding hydrogens is 369 g/mol. The molecule has 0 aromatic carbocycles. The first-order valence-corrected chi connectivity index (χ1v) is 9.71. The summed E-state index contributed by atoms with van der Waals surface area (Å²) in [4.78, 5) is 18.9. The van der Waals surface area contributed by atoms with Crippen LogP contribution in [0.15, 0.2) is 24.3 Å². The van der Waals surface area contributed by atoms with E-state index in [0.29, 0.717) is 24.5 Å². The van der Waals surface area contributed by atoms with E-state index in [4.69, 9.17) is 0 Å². The Morgan fingerprint density at radius 1 is 1.21 bits per heavy atom. The summed E-state index contributed by atoms with van der Waals surface area (Å²) in [7, 11) is 0. The first-order chi connectivity index (χ1) is 13.3. The maximum Gasteiger partial charge on any atom is 0.433 e. The van der Waals surface area contributed by atoms with Crippen LogP contribution < -0.4 is 0 Å². The summed E-state index contributed by atoms with van der Waals surface area (Å²) in [6.45, 7) is 2.75. The zero-order valence-corrected chi connectivity index (χ0v) is 15.7. The van der Waals surface area contributed by atoms with Crippen LogP contribution in [0.3, 0.4) is 0 Å². The van der Waals surface area contributed by atoms with Crippen molar-refractivity contribution in [2.45, 2.75) is 51.1 Å². The topological polar surface area (TPSA) is 50.5 Å². The molecule has 1 saturated heterocycles. The Morgan fingerprint density at radius 2 is 2.04 bits per heavy atom. The Balaban J connectivity index is 1.59. The number of hydrogen-bond acceptors (Lipinski definition) is 3. The number of fused-ring (bicyclic) bond motifs is 1. The SMILES string of the molecule is Cc1cc(C(F)(F)F)n2nc([C@@H]3CCCN(C(=O)[C@H]4CC=CCC4)C3)cc2n1. The molecule has 2 aromatic rings. The van der Waals surface area contributed by atoms with E-state index in [0.717, 1.165) is 42.7 Å². The molecule has 5 nitrogen and oxygen atoms in total. The van der Waals surface area contributed by atoms with Crippen molar-refractivity contribution in [2.75, 3.05) is 13.1 Å². The predicted molar refractivity (Wildman–Crippen MR) is 97.8 cm³/mol. The molecule has 28 heavy (non-hydrogen) atoms. The van der Waals surface area contributed by atoms with Crippen molar-refractivity contribution in [3.05, 3.63) is 41.4 Å². The van der Waals surface area contributed by atoms with E-state index >= 15 is 0 Å². The van der Waals surface area contributed by atoms with Crippen molar-refractivity contribution in [1.82, 2.24) is 19.5 Å². The van der Waals surface area contributed by atoms with Gasteiger partial charge in [-0.25, -0.2) is 9.50 Å². The number of hydrogen-bond donors (Lipinski definition) is 0. The Kier molecular flexibility index (Phi) is 4.89. The molecule has 0 unspecified atom stereocenters. The Hall–Kier alpha value is -2.38. The van der Waals surface area contributed by atoms with E-state index in [1.165, 1.54) is 0 Å². The van der Waals surface area contributed by atoms with Gasteiger partial charge in [-0.1, -0.05) is 12.2 Å². The van der Waals surface area contributed by atoms with E-state index < -0.39 is 11.9 Å². The van der Waals surface area contributed by atoms with Crippen LogP contribution in [-0.2, 0) is 11.0 Å². The highest BCUT2D eigenvalue weighted by Crippen LogP contribution is 2.33. The number of rotatable bonds is 2. The van der Waals surface area contributed by atoms with Crippen molar-refractivity contribution in [2.24, 2.45) is 5.92 Å². The molecule has 0 bridgehead atoms. The number of aryl methyl sites for hydroxylation is 1. The molecule has 1 fully saturated rings. The number of halogens is 3. The third-order valence-corrected chi connectivity index (χ3v) is 5.63. The van der Waals surface area contributed by atoms with Crippen molar-refractivity contribution in [3.8, 4) is 0 Å². The second-order valence-corrected chi connectivity index (χ2v) is 7.72. The first-order valence-electron chi connectivity index (χ1n) is 9.71. The lowest BCUT2D eigenvalue weighted by Crippen LogP contribution is -2.42. The summed E-state index contributed by atoms with van der Waals surface area (Å²) >= 11 is 0. The molecule has 1 amide bonds. The maximum absolute atomic E-state index is 13.4. The van der Waals surface area contributed by atoms with Crippen molar-refractivity contribution < 1.29 is 18.0 Å². The molecule has 0 radical (unpaired) electrons. The molecule has 3 heterocycles. The van der Waals surface area contributed by atoms with E-state index in [1.807, 2.05) is 4.90 Å². The second kappa shape index (κ2) is 7.22. The van der Waals surface area contributed by atoms with Crippen LogP contribution in [0.4, 0.5) is 13.2 Å². The minimum atomic E-state index is -4.50. The lowest BCUT2D eigenvalue weighted by molar-refractivity contribution is -0.142. The fraction of sp³-hybridized carbons (Fsp3) is 0.550. The number of aromatic nitrogens is 3. The van der Waals surface area contributed by atoms with E-state index in [9.17, 15) is 18.0 Å². The van der Waals surface area contributed by atoms with Gasteiger partial charge in [0.25, 0.3) is 0 Å². The molecule has 4 rings (SSSR count). The molecule has 0 spiro atoms. The van der Waals surface area contributed by atoms with Crippen LogP contribution in [0, 0.1) is 12.8 Å². The summed E-state index contributed by atoms with van der Waals surface area (Å²) in [6, 6.07) is 2.64. The highest BCUT2D eigenvalue weighted by molar-refractivity contribution is 5.79. The summed E-state index contributed by atoms with van der Waals surface area (Å²) in [5.74, 6) is 0.105. The van der Waals surface area contributed by atoms with Crippen LogP contribution in [0.5, 0.6) is 0 Å². The Bertz CT molecular complexity index is 918. The zero-order chi connectivity index (χ0) is 19.9. The van der Waals surface area contributed by atoms with Gasteiger partial charge in [-0.05, 0) is 45.1 Å². The average Bonchev–Trinajstić information content (AvgIpc) is 3.10. The largest absolute Gasteiger partial charge is 0.433 e. The predicted octanol–water partition coefficient (Wildman–Crippen LogP) is 4.12.